The number of carboxylic acids is 1. The summed E-state index contributed by atoms with van der Waals surface area (Å²) >= 11 is 0. The topological polar surface area (TPSA) is 66.8 Å². The molecule has 0 saturated carbocycles. The summed E-state index contributed by atoms with van der Waals surface area (Å²) in [6.45, 7) is 5.61. The van der Waals surface area contributed by atoms with Crippen molar-refractivity contribution in [3.8, 4) is 0 Å². The average molecular weight is 329 g/mol. The molecule has 5 nitrogen and oxygen atoms in total. The number of hydrogen-bond donors (Lipinski definition) is 1. The van der Waals surface area contributed by atoms with Crippen molar-refractivity contribution in [3.05, 3.63) is 41.5 Å². The Morgan fingerprint density at radius 3 is 2.62 bits per heavy atom. The van der Waals surface area contributed by atoms with Crippen LogP contribution in [0.2, 0.25) is 0 Å². The molecular formula is C19H23NO4. The number of carbonyl (C=O) groups is 2. The molecule has 128 valence electrons. The lowest BCUT2D eigenvalue weighted by Gasteiger charge is -2.35. The highest BCUT2D eigenvalue weighted by Gasteiger charge is 2.41. The summed E-state index contributed by atoms with van der Waals surface area (Å²) in [6.07, 6.45) is 4.44. The number of hydrogen-bond acceptors (Lipinski definition) is 3. The smallest absolute Gasteiger partial charge is 0.411 e. The average Bonchev–Trinajstić information content (AvgIpc) is 2.76. The van der Waals surface area contributed by atoms with E-state index in [1.54, 1.807) is 18.2 Å². The molecule has 2 aliphatic heterocycles. The van der Waals surface area contributed by atoms with Crippen molar-refractivity contribution in [2.24, 2.45) is 0 Å². The van der Waals surface area contributed by atoms with Gasteiger partial charge in [0.2, 0.25) is 0 Å². The fourth-order valence-corrected chi connectivity index (χ4v) is 3.50. The molecule has 2 aliphatic rings. The van der Waals surface area contributed by atoms with Crippen LogP contribution < -0.4 is 0 Å². The standard InChI is InChI=1S/C19H23NO4/c1-19(2,3)24-18(23)20-15-7-8-16(20)11-14(10-15)12-5-4-6-13(9-12)17(21)22/h4-6,9-10,15-16H,7-8,11H2,1-3H3,(H,21,22). The van der Waals surface area contributed by atoms with Crippen LogP contribution in [0.15, 0.2) is 30.3 Å². The summed E-state index contributed by atoms with van der Waals surface area (Å²) in [5, 5.41) is 9.16. The molecule has 2 bridgehead atoms. The lowest BCUT2D eigenvalue weighted by Crippen LogP contribution is -2.45. The first-order valence-corrected chi connectivity index (χ1v) is 8.30. The van der Waals surface area contributed by atoms with Crippen molar-refractivity contribution in [1.29, 1.82) is 0 Å². The number of aromatic carboxylic acids is 1. The third-order valence-corrected chi connectivity index (χ3v) is 4.48. The van der Waals surface area contributed by atoms with Gasteiger partial charge in [-0.15, -0.1) is 0 Å². The number of fused-ring (bicyclic) bond motifs is 2. The highest BCUT2D eigenvalue weighted by atomic mass is 16.6. The van der Waals surface area contributed by atoms with Gasteiger partial charge in [0.05, 0.1) is 11.6 Å². The molecule has 2 unspecified atom stereocenters. The van der Waals surface area contributed by atoms with Crippen molar-refractivity contribution in [3.63, 3.8) is 0 Å². The van der Waals surface area contributed by atoms with Gasteiger partial charge in [-0.3, -0.25) is 4.90 Å². The quantitative estimate of drug-likeness (QED) is 0.892. The summed E-state index contributed by atoms with van der Waals surface area (Å²) in [5.74, 6) is -0.924. The third kappa shape index (κ3) is 3.30. The van der Waals surface area contributed by atoms with Gasteiger partial charge in [0.25, 0.3) is 0 Å². The van der Waals surface area contributed by atoms with E-state index in [0.29, 0.717) is 0 Å². The van der Waals surface area contributed by atoms with Crippen molar-refractivity contribution < 1.29 is 19.4 Å². The van der Waals surface area contributed by atoms with Gasteiger partial charge in [0, 0.05) is 6.04 Å². The van der Waals surface area contributed by atoms with Crippen LogP contribution in [0.25, 0.3) is 5.57 Å². The second kappa shape index (κ2) is 5.96. The molecule has 1 amide bonds. The highest BCUT2D eigenvalue weighted by molar-refractivity contribution is 5.89. The van der Waals surface area contributed by atoms with Gasteiger partial charge in [-0.1, -0.05) is 18.2 Å². The molecule has 0 aliphatic carbocycles. The number of ether oxygens (including phenoxy) is 1. The number of benzene rings is 1. The minimum atomic E-state index is -0.924. The fourth-order valence-electron chi connectivity index (χ4n) is 3.50. The number of rotatable bonds is 2. The van der Waals surface area contributed by atoms with Crippen LogP contribution in [-0.2, 0) is 4.74 Å². The van der Waals surface area contributed by atoms with Crippen LogP contribution >= 0.6 is 0 Å². The minimum Gasteiger partial charge on any atom is -0.478 e. The lowest BCUT2D eigenvalue weighted by molar-refractivity contribution is 0.0175. The van der Waals surface area contributed by atoms with E-state index in [1.807, 2.05) is 31.7 Å². The van der Waals surface area contributed by atoms with Gasteiger partial charge in [-0.2, -0.15) is 0 Å². The van der Waals surface area contributed by atoms with Gasteiger partial charge in [0.1, 0.15) is 5.60 Å². The van der Waals surface area contributed by atoms with Gasteiger partial charge < -0.3 is 9.84 Å². The number of carboxylic acid groups (broad SMARTS) is 1. The maximum absolute atomic E-state index is 12.5. The summed E-state index contributed by atoms with van der Waals surface area (Å²) in [6, 6.07) is 7.15. The number of amides is 1. The molecule has 1 fully saturated rings. The van der Waals surface area contributed by atoms with Crippen LogP contribution in [-0.4, -0.2) is 39.8 Å². The van der Waals surface area contributed by atoms with Crippen molar-refractivity contribution in [2.45, 2.75) is 57.7 Å². The van der Waals surface area contributed by atoms with Crippen molar-refractivity contribution in [1.82, 2.24) is 4.90 Å². The molecule has 2 atom stereocenters. The van der Waals surface area contributed by atoms with Crippen LogP contribution in [0.3, 0.4) is 0 Å². The highest BCUT2D eigenvalue weighted by Crippen LogP contribution is 2.39. The Kier molecular flexibility index (Phi) is 4.11. The molecule has 1 aromatic carbocycles. The molecule has 2 heterocycles. The summed E-state index contributed by atoms with van der Waals surface area (Å²) in [4.78, 5) is 25.5. The van der Waals surface area contributed by atoms with E-state index in [0.717, 1.165) is 30.4 Å². The van der Waals surface area contributed by atoms with Gasteiger partial charge in [-0.05, 0) is 63.3 Å². The molecule has 0 spiro atoms. The molecule has 1 aromatic rings. The normalized spacial score (nSPS) is 23.0. The Balaban J connectivity index is 1.83. The van der Waals surface area contributed by atoms with Crippen molar-refractivity contribution in [2.75, 3.05) is 0 Å². The van der Waals surface area contributed by atoms with Crippen LogP contribution in [0, 0.1) is 0 Å². The zero-order valence-electron chi connectivity index (χ0n) is 14.3. The van der Waals surface area contributed by atoms with E-state index in [1.165, 1.54) is 0 Å². The second-order valence-corrected chi connectivity index (χ2v) is 7.47. The first-order chi connectivity index (χ1) is 11.2. The van der Waals surface area contributed by atoms with E-state index in [9.17, 15) is 9.59 Å². The van der Waals surface area contributed by atoms with E-state index in [4.69, 9.17) is 9.84 Å². The predicted molar refractivity (Wildman–Crippen MR) is 90.9 cm³/mol. The molecule has 1 saturated heterocycles. The lowest BCUT2D eigenvalue weighted by atomic mass is 9.94. The largest absolute Gasteiger partial charge is 0.478 e. The zero-order valence-corrected chi connectivity index (χ0v) is 14.3. The molecular weight excluding hydrogens is 306 g/mol. The Hall–Kier alpha value is -2.30. The number of carbonyl (C=O) groups excluding carboxylic acids is 1. The maximum Gasteiger partial charge on any atom is 0.411 e. The summed E-state index contributed by atoms with van der Waals surface area (Å²) < 4.78 is 5.53. The van der Waals surface area contributed by atoms with Gasteiger partial charge >= 0.3 is 12.1 Å². The van der Waals surface area contributed by atoms with Gasteiger partial charge in [0.15, 0.2) is 0 Å². The zero-order chi connectivity index (χ0) is 17.5. The molecule has 0 aromatic heterocycles. The first-order valence-electron chi connectivity index (χ1n) is 8.30. The minimum absolute atomic E-state index is 0.0297. The Labute approximate surface area is 141 Å². The van der Waals surface area contributed by atoms with Crippen LogP contribution in [0.1, 0.15) is 56.0 Å². The fraction of sp³-hybridized carbons (Fsp3) is 0.474. The van der Waals surface area contributed by atoms with E-state index < -0.39 is 11.6 Å². The molecule has 24 heavy (non-hydrogen) atoms. The molecule has 0 radical (unpaired) electrons. The Morgan fingerprint density at radius 2 is 2.00 bits per heavy atom. The van der Waals surface area contributed by atoms with E-state index in [-0.39, 0.29) is 23.7 Å². The van der Waals surface area contributed by atoms with E-state index >= 15 is 0 Å². The molecule has 5 heteroatoms. The second-order valence-electron chi connectivity index (χ2n) is 7.47. The van der Waals surface area contributed by atoms with Crippen molar-refractivity contribution >= 4 is 17.6 Å². The maximum atomic E-state index is 12.5. The van der Waals surface area contributed by atoms with Crippen LogP contribution in [0.5, 0.6) is 0 Å². The van der Waals surface area contributed by atoms with Crippen LogP contribution in [0.4, 0.5) is 4.79 Å². The molecule has 3 rings (SSSR count). The summed E-state index contributed by atoms with van der Waals surface area (Å²) in [5.41, 5.74) is 1.83. The first kappa shape index (κ1) is 16.6. The Bertz CT molecular complexity index is 702. The van der Waals surface area contributed by atoms with E-state index in [2.05, 4.69) is 6.08 Å². The predicted octanol–water partition coefficient (Wildman–Crippen LogP) is 3.94. The van der Waals surface area contributed by atoms with Gasteiger partial charge in [-0.25, -0.2) is 9.59 Å². The SMILES string of the molecule is CC(C)(C)OC(=O)N1C2C=C(c3cccc(C(=O)O)c3)CC1CC2. The summed E-state index contributed by atoms with van der Waals surface area (Å²) in [7, 11) is 0. The molecule has 1 N–H and O–H groups in total. The number of nitrogens with zero attached hydrogens (tertiary/aromatic N) is 1. The Morgan fingerprint density at radius 1 is 1.25 bits per heavy atom. The monoisotopic (exact) mass is 329 g/mol. The third-order valence-electron chi connectivity index (χ3n) is 4.48.